The normalized spacial score (nSPS) is 10.0. The molecule has 2 rings (SSSR count). The molecule has 21 heavy (non-hydrogen) atoms. The Hall–Kier alpha value is -2.96. The zero-order valence-electron chi connectivity index (χ0n) is 11.0. The van der Waals surface area contributed by atoms with Gasteiger partial charge in [0.1, 0.15) is 5.75 Å². The Morgan fingerprint density at radius 1 is 1.29 bits per heavy atom. The molecule has 0 bridgehead atoms. The van der Waals surface area contributed by atoms with Crippen LogP contribution in [-0.4, -0.2) is 17.9 Å². The average molecular weight is 290 g/mol. The van der Waals surface area contributed by atoms with Gasteiger partial charge in [0.2, 0.25) is 5.82 Å². The van der Waals surface area contributed by atoms with E-state index >= 15 is 0 Å². The molecule has 6 nitrogen and oxygen atoms in total. The number of ether oxygens (including phenoxy) is 1. The molecule has 0 aliphatic carbocycles. The fraction of sp³-hybridized carbons (Fsp3) is 0.0714. The molecule has 0 spiro atoms. The van der Waals surface area contributed by atoms with Crippen molar-refractivity contribution in [3.8, 4) is 5.75 Å². The summed E-state index contributed by atoms with van der Waals surface area (Å²) in [5, 5.41) is 13.1. The van der Waals surface area contributed by atoms with Crippen LogP contribution in [0, 0.1) is 15.9 Å². The molecule has 0 saturated heterocycles. The predicted octanol–water partition coefficient (Wildman–Crippen LogP) is 2.99. The van der Waals surface area contributed by atoms with Gasteiger partial charge in [-0.2, -0.15) is 4.39 Å². The highest BCUT2D eigenvalue weighted by molar-refractivity contribution is 6.04. The summed E-state index contributed by atoms with van der Waals surface area (Å²) in [5.41, 5.74) is -0.240. The van der Waals surface area contributed by atoms with Crippen molar-refractivity contribution in [1.82, 2.24) is 0 Å². The molecule has 1 N–H and O–H groups in total. The third kappa shape index (κ3) is 3.33. The molecule has 0 saturated carbocycles. The highest BCUT2D eigenvalue weighted by Crippen LogP contribution is 2.22. The zero-order valence-corrected chi connectivity index (χ0v) is 11.0. The second-order valence-corrected chi connectivity index (χ2v) is 4.11. The summed E-state index contributed by atoms with van der Waals surface area (Å²) in [6.07, 6.45) is 0. The number of carbonyl (C=O) groups excluding carboxylic acids is 1. The van der Waals surface area contributed by atoms with Crippen molar-refractivity contribution in [2.24, 2.45) is 0 Å². The number of anilines is 1. The van der Waals surface area contributed by atoms with Gasteiger partial charge in [0, 0.05) is 17.3 Å². The molecule has 0 aromatic heterocycles. The lowest BCUT2D eigenvalue weighted by Gasteiger charge is -2.07. The number of halogens is 1. The number of hydrogen-bond acceptors (Lipinski definition) is 4. The van der Waals surface area contributed by atoms with Gasteiger partial charge < -0.3 is 10.1 Å². The van der Waals surface area contributed by atoms with Crippen molar-refractivity contribution in [2.75, 3.05) is 12.4 Å². The Kier molecular flexibility index (Phi) is 4.13. The number of benzene rings is 2. The largest absolute Gasteiger partial charge is 0.497 e. The van der Waals surface area contributed by atoms with Crippen LogP contribution in [0.2, 0.25) is 0 Å². The molecule has 2 aromatic carbocycles. The summed E-state index contributed by atoms with van der Waals surface area (Å²) in [4.78, 5) is 21.8. The smallest absolute Gasteiger partial charge is 0.306 e. The van der Waals surface area contributed by atoms with Crippen molar-refractivity contribution in [2.45, 2.75) is 0 Å². The third-order valence-corrected chi connectivity index (χ3v) is 2.73. The molecule has 0 aliphatic heterocycles. The van der Waals surface area contributed by atoms with Crippen molar-refractivity contribution in [3.05, 3.63) is 64.0 Å². The molecular weight excluding hydrogens is 279 g/mol. The van der Waals surface area contributed by atoms with Crippen LogP contribution in [0.25, 0.3) is 0 Å². The fourth-order valence-corrected chi connectivity index (χ4v) is 1.70. The molecule has 0 aliphatic rings. The van der Waals surface area contributed by atoms with E-state index in [1.54, 1.807) is 18.2 Å². The zero-order chi connectivity index (χ0) is 15.4. The van der Waals surface area contributed by atoms with Gasteiger partial charge in [-0.1, -0.05) is 6.07 Å². The first-order valence-electron chi connectivity index (χ1n) is 5.90. The van der Waals surface area contributed by atoms with Gasteiger partial charge >= 0.3 is 5.69 Å². The molecule has 0 fully saturated rings. The molecule has 0 atom stereocenters. The van der Waals surface area contributed by atoms with E-state index < -0.39 is 22.3 Å². The van der Waals surface area contributed by atoms with E-state index in [9.17, 15) is 19.3 Å². The second-order valence-electron chi connectivity index (χ2n) is 4.11. The maximum Gasteiger partial charge on any atom is 0.306 e. The van der Waals surface area contributed by atoms with E-state index in [0.717, 1.165) is 12.1 Å². The molecule has 108 valence electrons. The van der Waals surface area contributed by atoms with Crippen LogP contribution >= 0.6 is 0 Å². The summed E-state index contributed by atoms with van der Waals surface area (Å²) >= 11 is 0. The standard InChI is InChI=1S/C14H11FN2O4/c1-21-11-4-2-3-9(7-11)14(18)16-10-5-6-12(15)13(8-10)17(19)20/h2-8H,1H3,(H,16,18). The van der Waals surface area contributed by atoms with Crippen LogP contribution in [-0.2, 0) is 0 Å². The first-order chi connectivity index (χ1) is 10.0. The molecule has 1 amide bonds. The summed E-state index contributed by atoms with van der Waals surface area (Å²) in [6, 6.07) is 9.55. The second kappa shape index (κ2) is 6.00. The van der Waals surface area contributed by atoms with Crippen LogP contribution < -0.4 is 10.1 Å². The summed E-state index contributed by atoms with van der Waals surface area (Å²) in [6.45, 7) is 0. The first kappa shape index (κ1) is 14.4. The van der Waals surface area contributed by atoms with Gasteiger partial charge in [0.05, 0.1) is 12.0 Å². The molecule has 7 heteroatoms. The number of amides is 1. The summed E-state index contributed by atoms with van der Waals surface area (Å²) in [5.74, 6) is -0.929. The van der Waals surface area contributed by atoms with Crippen molar-refractivity contribution in [1.29, 1.82) is 0 Å². The number of nitrogens with zero attached hydrogens (tertiary/aromatic N) is 1. The van der Waals surface area contributed by atoms with Crippen LogP contribution in [0.15, 0.2) is 42.5 Å². The summed E-state index contributed by atoms with van der Waals surface area (Å²) < 4.78 is 18.2. The number of nitro benzene ring substituents is 1. The van der Waals surface area contributed by atoms with E-state index in [0.29, 0.717) is 11.3 Å². The van der Waals surface area contributed by atoms with E-state index in [1.807, 2.05) is 0 Å². The van der Waals surface area contributed by atoms with Crippen molar-refractivity contribution >= 4 is 17.3 Å². The van der Waals surface area contributed by atoms with Gasteiger partial charge in [-0.25, -0.2) is 0 Å². The third-order valence-electron chi connectivity index (χ3n) is 2.73. The van der Waals surface area contributed by atoms with Crippen molar-refractivity contribution < 1.29 is 18.8 Å². The Morgan fingerprint density at radius 2 is 2.05 bits per heavy atom. The quantitative estimate of drug-likeness (QED) is 0.693. The number of methoxy groups -OCH3 is 1. The van der Waals surface area contributed by atoms with Crippen molar-refractivity contribution in [3.63, 3.8) is 0 Å². The lowest BCUT2D eigenvalue weighted by Crippen LogP contribution is -2.12. The van der Waals surface area contributed by atoms with Gasteiger partial charge in [0.15, 0.2) is 0 Å². The average Bonchev–Trinajstić information content (AvgIpc) is 2.49. The lowest BCUT2D eigenvalue weighted by atomic mass is 10.2. The Bertz CT molecular complexity index is 703. The van der Waals surface area contributed by atoms with Crippen LogP contribution in [0.4, 0.5) is 15.8 Å². The van der Waals surface area contributed by atoms with E-state index in [1.165, 1.54) is 19.2 Å². The predicted molar refractivity (Wildman–Crippen MR) is 74.0 cm³/mol. The Labute approximate surface area is 119 Å². The maximum absolute atomic E-state index is 13.2. The highest BCUT2D eigenvalue weighted by atomic mass is 19.1. The number of carbonyl (C=O) groups is 1. The SMILES string of the molecule is COc1cccc(C(=O)Nc2ccc(F)c([N+](=O)[O-])c2)c1. The molecular formula is C14H11FN2O4. The van der Waals surface area contributed by atoms with Gasteiger partial charge in [-0.15, -0.1) is 0 Å². The molecule has 0 heterocycles. The minimum atomic E-state index is -0.959. The maximum atomic E-state index is 13.2. The van der Waals surface area contributed by atoms with E-state index in [-0.39, 0.29) is 5.69 Å². The highest BCUT2D eigenvalue weighted by Gasteiger charge is 2.15. The first-order valence-corrected chi connectivity index (χ1v) is 5.90. The number of hydrogen-bond donors (Lipinski definition) is 1. The topological polar surface area (TPSA) is 81.5 Å². The lowest BCUT2D eigenvalue weighted by molar-refractivity contribution is -0.387. The molecule has 0 unspecified atom stereocenters. The van der Waals surface area contributed by atoms with Crippen LogP contribution in [0.3, 0.4) is 0 Å². The van der Waals surface area contributed by atoms with E-state index in [2.05, 4.69) is 5.32 Å². The van der Waals surface area contributed by atoms with Crippen LogP contribution in [0.5, 0.6) is 5.75 Å². The Balaban J connectivity index is 2.23. The van der Waals surface area contributed by atoms with E-state index in [4.69, 9.17) is 4.74 Å². The molecule has 0 radical (unpaired) electrons. The molecule has 2 aromatic rings. The minimum Gasteiger partial charge on any atom is -0.497 e. The monoisotopic (exact) mass is 290 g/mol. The Morgan fingerprint density at radius 3 is 2.71 bits per heavy atom. The minimum absolute atomic E-state index is 0.135. The van der Waals surface area contributed by atoms with Gasteiger partial charge in [-0.3, -0.25) is 14.9 Å². The van der Waals surface area contributed by atoms with Gasteiger partial charge in [-0.05, 0) is 30.3 Å². The number of rotatable bonds is 4. The summed E-state index contributed by atoms with van der Waals surface area (Å²) in [7, 11) is 1.47. The van der Waals surface area contributed by atoms with Crippen LogP contribution in [0.1, 0.15) is 10.4 Å². The fourth-order valence-electron chi connectivity index (χ4n) is 1.70. The number of nitro groups is 1. The van der Waals surface area contributed by atoms with Gasteiger partial charge in [0.25, 0.3) is 5.91 Å². The number of nitrogens with one attached hydrogen (secondary N) is 1.